The molecule has 110 valence electrons. The van der Waals surface area contributed by atoms with Crippen molar-refractivity contribution >= 4 is 0 Å². The minimum absolute atomic E-state index is 0.0729. The van der Waals surface area contributed by atoms with Crippen LogP contribution in [0.1, 0.15) is 69.8 Å². The number of fused-ring (bicyclic) bond motifs is 1. The Balaban J connectivity index is 1.62. The third kappa shape index (κ3) is 3.07. The van der Waals surface area contributed by atoms with E-state index < -0.39 is 0 Å². The lowest BCUT2D eigenvalue weighted by atomic mass is 9.63. The molecule has 1 unspecified atom stereocenters. The standard InChI is InChI=1S/C19H27F/c1-2-4-14-7-8-17-12-18(10-9-16(17)11-14)15-5-3-6-19(20)13-15/h3,5-6,13-14,16-18H,2,4,7-12H2,1H3/t14?,16-,17-,18-/m1/s1. The molecule has 0 bridgehead atoms. The zero-order valence-corrected chi connectivity index (χ0v) is 12.7. The van der Waals surface area contributed by atoms with Crippen molar-refractivity contribution in [3.8, 4) is 0 Å². The van der Waals surface area contributed by atoms with E-state index >= 15 is 0 Å². The van der Waals surface area contributed by atoms with Gasteiger partial charge in [0.25, 0.3) is 0 Å². The van der Waals surface area contributed by atoms with E-state index in [9.17, 15) is 4.39 Å². The van der Waals surface area contributed by atoms with E-state index in [0.29, 0.717) is 5.92 Å². The molecule has 2 aliphatic rings. The lowest BCUT2D eigenvalue weighted by molar-refractivity contribution is 0.114. The number of hydrogen-bond acceptors (Lipinski definition) is 0. The van der Waals surface area contributed by atoms with Crippen LogP contribution in [0.3, 0.4) is 0 Å². The average Bonchev–Trinajstić information content (AvgIpc) is 2.47. The highest BCUT2D eigenvalue weighted by Crippen LogP contribution is 2.48. The van der Waals surface area contributed by atoms with Crippen LogP contribution in [0.2, 0.25) is 0 Å². The Hall–Kier alpha value is -0.850. The first-order chi connectivity index (χ1) is 9.76. The van der Waals surface area contributed by atoms with Crippen molar-refractivity contribution in [3.63, 3.8) is 0 Å². The van der Waals surface area contributed by atoms with Crippen molar-refractivity contribution in [3.05, 3.63) is 35.6 Å². The summed E-state index contributed by atoms with van der Waals surface area (Å²) in [4.78, 5) is 0. The Morgan fingerprint density at radius 2 is 1.85 bits per heavy atom. The van der Waals surface area contributed by atoms with Gasteiger partial charge in [-0.2, -0.15) is 0 Å². The summed E-state index contributed by atoms with van der Waals surface area (Å²) in [7, 11) is 0. The van der Waals surface area contributed by atoms with Gasteiger partial charge in [-0.3, -0.25) is 0 Å². The first-order valence-corrected chi connectivity index (χ1v) is 8.51. The molecule has 0 heterocycles. The van der Waals surface area contributed by atoms with Crippen molar-refractivity contribution in [2.45, 2.75) is 64.2 Å². The predicted octanol–water partition coefficient (Wildman–Crippen LogP) is 5.93. The molecule has 0 amide bonds. The molecule has 1 aromatic rings. The van der Waals surface area contributed by atoms with E-state index in [2.05, 4.69) is 13.0 Å². The maximum Gasteiger partial charge on any atom is 0.123 e. The summed E-state index contributed by atoms with van der Waals surface area (Å²) < 4.78 is 13.4. The molecular weight excluding hydrogens is 247 g/mol. The second-order valence-corrected chi connectivity index (χ2v) is 7.05. The van der Waals surface area contributed by atoms with Gasteiger partial charge in [-0.05, 0) is 73.5 Å². The Morgan fingerprint density at radius 1 is 1.05 bits per heavy atom. The number of halogens is 1. The highest BCUT2D eigenvalue weighted by molar-refractivity contribution is 5.21. The zero-order chi connectivity index (χ0) is 13.9. The topological polar surface area (TPSA) is 0 Å². The fraction of sp³-hybridized carbons (Fsp3) is 0.684. The minimum atomic E-state index is -0.0729. The summed E-state index contributed by atoms with van der Waals surface area (Å²) in [5, 5.41) is 0. The maximum absolute atomic E-state index is 13.4. The second kappa shape index (κ2) is 6.28. The quantitative estimate of drug-likeness (QED) is 0.641. The van der Waals surface area contributed by atoms with E-state index in [1.54, 1.807) is 12.1 Å². The van der Waals surface area contributed by atoms with Crippen molar-refractivity contribution in [2.75, 3.05) is 0 Å². The molecule has 2 aliphatic carbocycles. The third-order valence-corrected chi connectivity index (χ3v) is 5.74. The van der Waals surface area contributed by atoms with Crippen molar-refractivity contribution < 1.29 is 4.39 Å². The SMILES string of the molecule is CCCC1CC[C@@H]2C[C@H](c3cccc(F)c3)CC[C@@H]2C1. The van der Waals surface area contributed by atoms with E-state index in [1.807, 2.05) is 6.07 Å². The Bertz CT molecular complexity index is 439. The van der Waals surface area contributed by atoms with Crippen molar-refractivity contribution in [2.24, 2.45) is 17.8 Å². The van der Waals surface area contributed by atoms with Gasteiger partial charge in [-0.15, -0.1) is 0 Å². The fourth-order valence-electron chi connectivity index (χ4n) is 4.72. The molecule has 2 fully saturated rings. The molecule has 20 heavy (non-hydrogen) atoms. The van der Waals surface area contributed by atoms with Crippen LogP contribution in [0, 0.1) is 23.6 Å². The lowest BCUT2D eigenvalue weighted by Gasteiger charge is -2.42. The van der Waals surface area contributed by atoms with Gasteiger partial charge in [0.2, 0.25) is 0 Å². The maximum atomic E-state index is 13.4. The summed E-state index contributed by atoms with van der Waals surface area (Å²) in [6.45, 7) is 2.31. The molecule has 0 nitrogen and oxygen atoms in total. The molecule has 0 radical (unpaired) electrons. The summed E-state index contributed by atoms with van der Waals surface area (Å²) >= 11 is 0. The zero-order valence-electron chi connectivity index (χ0n) is 12.7. The Labute approximate surface area is 122 Å². The number of rotatable bonds is 3. The van der Waals surface area contributed by atoms with Gasteiger partial charge in [0.05, 0.1) is 0 Å². The van der Waals surface area contributed by atoms with Crippen molar-refractivity contribution in [1.29, 1.82) is 0 Å². The van der Waals surface area contributed by atoms with Crippen LogP contribution < -0.4 is 0 Å². The largest absolute Gasteiger partial charge is 0.207 e. The smallest absolute Gasteiger partial charge is 0.123 e. The molecule has 0 N–H and O–H groups in total. The summed E-state index contributed by atoms with van der Waals surface area (Å²) in [5.74, 6) is 3.40. The van der Waals surface area contributed by atoms with E-state index in [4.69, 9.17) is 0 Å². The summed E-state index contributed by atoms with van der Waals surface area (Å²) in [5.41, 5.74) is 1.24. The third-order valence-electron chi connectivity index (χ3n) is 5.74. The van der Waals surface area contributed by atoms with E-state index in [0.717, 1.165) is 17.8 Å². The van der Waals surface area contributed by atoms with Crippen LogP contribution in [-0.4, -0.2) is 0 Å². The average molecular weight is 274 g/mol. The number of hydrogen-bond donors (Lipinski definition) is 0. The van der Waals surface area contributed by atoms with E-state index in [-0.39, 0.29) is 5.82 Å². The molecule has 2 saturated carbocycles. The highest BCUT2D eigenvalue weighted by atomic mass is 19.1. The molecule has 0 aromatic heterocycles. The summed E-state index contributed by atoms with van der Waals surface area (Å²) in [6, 6.07) is 7.31. The first-order valence-electron chi connectivity index (χ1n) is 8.51. The van der Waals surface area contributed by atoms with Crippen molar-refractivity contribution in [1.82, 2.24) is 0 Å². The molecule has 0 saturated heterocycles. The Kier molecular flexibility index (Phi) is 4.43. The van der Waals surface area contributed by atoms with Crippen LogP contribution in [0.5, 0.6) is 0 Å². The minimum Gasteiger partial charge on any atom is -0.207 e. The van der Waals surface area contributed by atoms with Gasteiger partial charge in [-0.1, -0.05) is 38.3 Å². The van der Waals surface area contributed by atoms with Gasteiger partial charge in [0.1, 0.15) is 5.82 Å². The second-order valence-electron chi connectivity index (χ2n) is 7.05. The highest BCUT2D eigenvalue weighted by Gasteiger charge is 2.35. The number of benzene rings is 1. The normalized spacial score (nSPS) is 33.7. The molecule has 3 rings (SSSR count). The van der Waals surface area contributed by atoms with Gasteiger partial charge < -0.3 is 0 Å². The molecular formula is C19H27F. The van der Waals surface area contributed by atoms with Crippen LogP contribution in [0.25, 0.3) is 0 Å². The van der Waals surface area contributed by atoms with Gasteiger partial charge in [0, 0.05) is 0 Å². The van der Waals surface area contributed by atoms with Gasteiger partial charge in [0.15, 0.2) is 0 Å². The molecule has 0 spiro atoms. The van der Waals surface area contributed by atoms with Crippen LogP contribution in [0.15, 0.2) is 24.3 Å². The molecule has 1 heteroatoms. The van der Waals surface area contributed by atoms with Gasteiger partial charge >= 0.3 is 0 Å². The van der Waals surface area contributed by atoms with Crippen LogP contribution in [-0.2, 0) is 0 Å². The van der Waals surface area contributed by atoms with Gasteiger partial charge in [-0.25, -0.2) is 4.39 Å². The molecule has 1 aromatic carbocycles. The monoisotopic (exact) mass is 274 g/mol. The van der Waals surface area contributed by atoms with Crippen LogP contribution >= 0.6 is 0 Å². The fourth-order valence-corrected chi connectivity index (χ4v) is 4.72. The molecule has 4 atom stereocenters. The Morgan fingerprint density at radius 3 is 2.65 bits per heavy atom. The molecule has 0 aliphatic heterocycles. The predicted molar refractivity (Wildman–Crippen MR) is 82.2 cm³/mol. The van der Waals surface area contributed by atoms with E-state index in [1.165, 1.54) is 56.9 Å². The lowest BCUT2D eigenvalue weighted by Crippen LogP contribution is -2.30. The van der Waals surface area contributed by atoms with Crippen LogP contribution in [0.4, 0.5) is 4.39 Å². The first kappa shape index (κ1) is 14.1. The summed E-state index contributed by atoms with van der Waals surface area (Å²) in [6.07, 6.45) is 11.0.